The molecule has 1 aromatic rings. The lowest BCUT2D eigenvalue weighted by molar-refractivity contribution is 0.0896. The minimum atomic E-state index is -0.778. The SMILES string of the molecule is CC1(C)CC(=O)c2cc(O)c(=O)oc2C1. The Labute approximate surface area is 86.5 Å². The predicted molar refractivity (Wildman–Crippen MR) is 53.1 cm³/mol. The van der Waals surface area contributed by atoms with Crippen LogP contribution in [0.5, 0.6) is 5.75 Å². The number of hydrogen-bond acceptors (Lipinski definition) is 4. The summed E-state index contributed by atoms with van der Waals surface area (Å²) in [5.41, 5.74) is -0.623. The summed E-state index contributed by atoms with van der Waals surface area (Å²) in [4.78, 5) is 22.8. The van der Waals surface area contributed by atoms with Gasteiger partial charge in [0, 0.05) is 18.9 Å². The molecule has 1 aliphatic rings. The quantitative estimate of drug-likeness (QED) is 0.701. The molecule has 1 aliphatic carbocycles. The van der Waals surface area contributed by atoms with Gasteiger partial charge >= 0.3 is 5.63 Å². The summed E-state index contributed by atoms with van der Waals surface area (Å²) in [7, 11) is 0. The lowest BCUT2D eigenvalue weighted by Crippen LogP contribution is -2.28. The fourth-order valence-electron chi connectivity index (χ4n) is 1.89. The van der Waals surface area contributed by atoms with Crippen molar-refractivity contribution in [2.75, 3.05) is 0 Å². The van der Waals surface area contributed by atoms with Gasteiger partial charge in [0.05, 0.1) is 5.56 Å². The van der Waals surface area contributed by atoms with Crippen LogP contribution in [0.25, 0.3) is 0 Å². The predicted octanol–water partition coefficient (Wildman–Crippen LogP) is 1.50. The van der Waals surface area contributed by atoms with Gasteiger partial charge in [-0.15, -0.1) is 0 Å². The summed E-state index contributed by atoms with van der Waals surface area (Å²) >= 11 is 0. The number of carbonyl (C=O) groups excluding carboxylic acids is 1. The molecule has 0 aliphatic heterocycles. The first-order valence-corrected chi connectivity index (χ1v) is 4.78. The molecular formula is C11H12O4. The van der Waals surface area contributed by atoms with E-state index < -0.39 is 11.4 Å². The Kier molecular flexibility index (Phi) is 1.96. The average molecular weight is 208 g/mol. The molecule has 0 bridgehead atoms. The van der Waals surface area contributed by atoms with Gasteiger partial charge < -0.3 is 9.52 Å². The highest BCUT2D eigenvalue weighted by Crippen LogP contribution is 2.34. The van der Waals surface area contributed by atoms with Crippen LogP contribution in [0.2, 0.25) is 0 Å². The van der Waals surface area contributed by atoms with Gasteiger partial charge in [0.25, 0.3) is 0 Å². The minimum absolute atomic E-state index is 0.0831. The highest BCUT2D eigenvalue weighted by atomic mass is 16.4. The van der Waals surface area contributed by atoms with Crippen LogP contribution in [0.15, 0.2) is 15.3 Å². The van der Waals surface area contributed by atoms with E-state index in [4.69, 9.17) is 9.52 Å². The van der Waals surface area contributed by atoms with Gasteiger partial charge in [-0.2, -0.15) is 0 Å². The zero-order valence-electron chi connectivity index (χ0n) is 8.66. The molecule has 0 spiro atoms. The number of Topliss-reactive ketones (excluding diaryl/α,β-unsaturated/α-hetero) is 1. The highest BCUT2D eigenvalue weighted by molar-refractivity contribution is 5.98. The van der Waals surface area contributed by atoms with E-state index in [1.54, 1.807) is 0 Å². The number of aromatic hydroxyl groups is 1. The van der Waals surface area contributed by atoms with E-state index in [1.165, 1.54) is 6.07 Å². The molecule has 4 heteroatoms. The molecule has 0 saturated heterocycles. The maximum Gasteiger partial charge on any atom is 0.378 e. The lowest BCUT2D eigenvalue weighted by atomic mass is 9.76. The maximum absolute atomic E-state index is 11.7. The van der Waals surface area contributed by atoms with E-state index in [2.05, 4.69) is 0 Å². The lowest BCUT2D eigenvalue weighted by Gasteiger charge is -2.28. The molecular weight excluding hydrogens is 196 g/mol. The smallest absolute Gasteiger partial charge is 0.378 e. The Bertz CT molecular complexity index is 482. The first-order chi connectivity index (χ1) is 6.89. The molecule has 0 unspecified atom stereocenters. The summed E-state index contributed by atoms with van der Waals surface area (Å²) < 4.78 is 4.91. The molecule has 1 aromatic heterocycles. The number of fused-ring (bicyclic) bond motifs is 1. The van der Waals surface area contributed by atoms with Gasteiger partial charge in [-0.1, -0.05) is 13.8 Å². The molecule has 0 aromatic carbocycles. The van der Waals surface area contributed by atoms with Gasteiger partial charge in [0.15, 0.2) is 5.78 Å². The molecule has 15 heavy (non-hydrogen) atoms. The molecule has 80 valence electrons. The third-order valence-corrected chi connectivity index (χ3v) is 2.59. The summed E-state index contributed by atoms with van der Waals surface area (Å²) in [5, 5.41) is 9.16. The topological polar surface area (TPSA) is 67.5 Å². The second-order valence-corrected chi connectivity index (χ2v) is 4.70. The maximum atomic E-state index is 11.7. The van der Waals surface area contributed by atoms with Gasteiger partial charge in [-0.25, -0.2) is 4.79 Å². The van der Waals surface area contributed by atoms with Crippen LogP contribution in [-0.4, -0.2) is 10.9 Å². The number of carbonyl (C=O) groups is 1. The van der Waals surface area contributed by atoms with E-state index >= 15 is 0 Å². The summed E-state index contributed by atoms with van der Waals surface area (Å²) in [6.07, 6.45) is 0.955. The van der Waals surface area contributed by atoms with Crippen molar-refractivity contribution >= 4 is 5.78 Å². The van der Waals surface area contributed by atoms with E-state index in [-0.39, 0.29) is 11.2 Å². The van der Waals surface area contributed by atoms with E-state index in [9.17, 15) is 9.59 Å². The minimum Gasteiger partial charge on any atom is -0.502 e. The van der Waals surface area contributed by atoms with Crippen molar-refractivity contribution in [2.45, 2.75) is 26.7 Å². The third-order valence-electron chi connectivity index (χ3n) is 2.59. The van der Waals surface area contributed by atoms with Crippen LogP contribution in [-0.2, 0) is 6.42 Å². The number of rotatable bonds is 0. The zero-order chi connectivity index (χ0) is 11.2. The van der Waals surface area contributed by atoms with Crippen molar-refractivity contribution in [1.29, 1.82) is 0 Å². The fraction of sp³-hybridized carbons (Fsp3) is 0.455. The summed E-state index contributed by atoms with van der Waals surface area (Å²) in [6, 6.07) is 1.21. The summed E-state index contributed by atoms with van der Waals surface area (Å²) in [6.45, 7) is 3.89. The first-order valence-electron chi connectivity index (χ1n) is 4.78. The molecule has 0 radical (unpaired) electrons. The van der Waals surface area contributed by atoms with Crippen LogP contribution in [0.4, 0.5) is 0 Å². The van der Waals surface area contributed by atoms with Crippen molar-refractivity contribution in [2.24, 2.45) is 5.41 Å². The second-order valence-electron chi connectivity index (χ2n) is 4.70. The third kappa shape index (κ3) is 1.67. The van der Waals surface area contributed by atoms with Gasteiger partial charge in [-0.3, -0.25) is 4.79 Å². The van der Waals surface area contributed by atoms with E-state index in [0.717, 1.165) is 0 Å². The van der Waals surface area contributed by atoms with Crippen molar-refractivity contribution in [3.63, 3.8) is 0 Å². The Balaban J connectivity index is 2.61. The molecule has 0 saturated carbocycles. The second kappa shape index (κ2) is 2.95. The first kappa shape index (κ1) is 9.96. The van der Waals surface area contributed by atoms with Crippen LogP contribution in [0, 0.1) is 5.41 Å². The van der Waals surface area contributed by atoms with Crippen molar-refractivity contribution in [3.8, 4) is 5.75 Å². The molecule has 4 nitrogen and oxygen atoms in total. The average Bonchev–Trinajstić information content (AvgIpc) is 2.07. The Morgan fingerprint density at radius 3 is 2.67 bits per heavy atom. The van der Waals surface area contributed by atoms with Crippen LogP contribution in [0.3, 0.4) is 0 Å². The Morgan fingerprint density at radius 1 is 1.33 bits per heavy atom. The van der Waals surface area contributed by atoms with Crippen molar-refractivity contribution < 1.29 is 14.3 Å². The molecule has 1 N–H and O–H groups in total. The normalized spacial score (nSPS) is 18.7. The van der Waals surface area contributed by atoms with Crippen molar-refractivity contribution in [3.05, 3.63) is 27.8 Å². The Morgan fingerprint density at radius 2 is 2.00 bits per heavy atom. The van der Waals surface area contributed by atoms with Crippen molar-refractivity contribution in [1.82, 2.24) is 0 Å². The monoisotopic (exact) mass is 208 g/mol. The Hall–Kier alpha value is -1.58. The van der Waals surface area contributed by atoms with Crippen LogP contribution < -0.4 is 5.63 Å². The molecule has 1 heterocycles. The highest BCUT2D eigenvalue weighted by Gasteiger charge is 2.33. The molecule has 0 atom stereocenters. The zero-order valence-corrected chi connectivity index (χ0v) is 8.66. The molecule has 0 amide bonds. The summed E-state index contributed by atoms with van der Waals surface area (Å²) in [5.74, 6) is -0.193. The number of ketones is 1. The van der Waals surface area contributed by atoms with E-state index in [0.29, 0.717) is 24.2 Å². The standard InChI is InChI=1S/C11H12O4/c1-11(2)4-8(13)6-3-7(12)10(14)15-9(6)5-11/h3,12H,4-5H2,1-2H3. The fourth-order valence-corrected chi connectivity index (χ4v) is 1.89. The van der Waals surface area contributed by atoms with Crippen LogP contribution >= 0.6 is 0 Å². The largest absolute Gasteiger partial charge is 0.502 e. The number of hydrogen-bond donors (Lipinski definition) is 1. The van der Waals surface area contributed by atoms with Crippen LogP contribution in [0.1, 0.15) is 36.4 Å². The van der Waals surface area contributed by atoms with Gasteiger partial charge in [-0.05, 0) is 5.41 Å². The van der Waals surface area contributed by atoms with E-state index in [1.807, 2.05) is 13.8 Å². The molecule has 0 fully saturated rings. The molecule has 2 rings (SSSR count). The van der Waals surface area contributed by atoms with Gasteiger partial charge in [0.1, 0.15) is 5.76 Å². The van der Waals surface area contributed by atoms with Gasteiger partial charge in [0.2, 0.25) is 5.75 Å².